The third kappa shape index (κ3) is 7.33. The number of allylic oxidation sites excluding steroid dienone is 2. The number of ether oxygens (including phenoxy) is 1. The van der Waals surface area contributed by atoms with Crippen molar-refractivity contribution in [2.24, 2.45) is 0 Å². The van der Waals surface area contributed by atoms with Gasteiger partial charge in [-0.05, 0) is 35.4 Å². The number of nitrogens with zero attached hydrogens (tertiary/aromatic N) is 3. The van der Waals surface area contributed by atoms with E-state index in [1.807, 2.05) is 54.4 Å². The van der Waals surface area contributed by atoms with Crippen LogP contribution < -0.4 is 10.1 Å². The highest BCUT2D eigenvalue weighted by Gasteiger charge is 2.10. The lowest BCUT2D eigenvalue weighted by Gasteiger charge is -2.17. The molecule has 0 bridgehead atoms. The van der Waals surface area contributed by atoms with E-state index in [1.165, 1.54) is 5.56 Å². The predicted octanol–water partition coefficient (Wildman–Crippen LogP) is 7.05. The molecule has 1 aromatic heterocycles. The van der Waals surface area contributed by atoms with Gasteiger partial charge >= 0.3 is 0 Å². The molecule has 6 heteroatoms. The molecule has 0 saturated heterocycles. The third-order valence-electron chi connectivity index (χ3n) is 5.14. The molecule has 176 valence electrons. The number of aromatic nitrogens is 2. The summed E-state index contributed by atoms with van der Waals surface area (Å²) in [6, 6.07) is 18.2. The van der Waals surface area contributed by atoms with Gasteiger partial charge in [0.1, 0.15) is 24.5 Å². The zero-order chi connectivity index (χ0) is 24.2. The van der Waals surface area contributed by atoms with Crippen LogP contribution in [0.2, 0.25) is 0 Å². The Labute approximate surface area is 207 Å². The SMILES string of the molecule is C=C/C=C(\C=C)COc1ccccc1-c1cc(Nc2cccc(CSN(CC)CC)c2)ncn1. The third-order valence-corrected chi connectivity index (χ3v) is 6.48. The molecule has 0 aliphatic carbocycles. The number of hydrogen-bond donors (Lipinski definition) is 1. The van der Waals surface area contributed by atoms with E-state index in [4.69, 9.17) is 4.74 Å². The van der Waals surface area contributed by atoms with E-state index in [0.29, 0.717) is 6.61 Å². The lowest BCUT2D eigenvalue weighted by Crippen LogP contribution is -2.14. The van der Waals surface area contributed by atoms with E-state index < -0.39 is 0 Å². The normalized spacial score (nSPS) is 11.3. The smallest absolute Gasteiger partial charge is 0.134 e. The second kappa shape index (κ2) is 13.4. The lowest BCUT2D eigenvalue weighted by atomic mass is 10.1. The summed E-state index contributed by atoms with van der Waals surface area (Å²) in [4.78, 5) is 8.91. The van der Waals surface area contributed by atoms with Gasteiger partial charge in [-0.1, -0.05) is 81.4 Å². The monoisotopic (exact) mass is 472 g/mol. The minimum Gasteiger partial charge on any atom is -0.488 e. The Hall–Kier alpha value is -3.35. The van der Waals surface area contributed by atoms with Crippen molar-refractivity contribution in [1.29, 1.82) is 0 Å². The number of anilines is 2. The molecule has 0 amide bonds. The molecule has 0 aliphatic rings. The molecule has 2 aromatic carbocycles. The summed E-state index contributed by atoms with van der Waals surface area (Å²) < 4.78 is 8.41. The zero-order valence-corrected chi connectivity index (χ0v) is 20.7. The summed E-state index contributed by atoms with van der Waals surface area (Å²) in [7, 11) is 0. The average Bonchev–Trinajstić information content (AvgIpc) is 2.88. The molecular formula is C28H32N4OS. The van der Waals surface area contributed by atoms with Gasteiger partial charge in [0.15, 0.2) is 0 Å². The summed E-state index contributed by atoms with van der Waals surface area (Å²) in [6.07, 6.45) is 6.95. The molecule has 1 N–H and O–H groups in total. The first-order chi connectivity index (χ1) is 16.7. The van der Waals surface area contributed by atoms with Gasteiger partial charge in [-0.25, -0.2) is 9.97 Å². The van der Waals surface area contributed by atoms with Crippen LogP contribution in [0.3, 0.4) is 0 Å². The van der Waals surface area contributed by atoms with E-state index in [9.17, 15) is 0 Å². The second-order valence-corrected chi connectivity index (χ2v) is 8.53. The number of nitrogens with one attached hydrogen (secondary N) is 1. The van der Waals surface area contributed by atoms with Crippen molar-refractivity contribution >= 4 is 23.5 Å². The van der Waals surface area contributed by atoms with Gasteiger partial charge in [0.05, 0.1) is 5.69 Å². The molecular weight excluding hydrogens is 440 g/mol. The van der Waals surface area contributed by atoms with E-state index in [-0.39, 0.29) is 0 Å². The molecule has 0 atom stereocenters. The molecule has 5 nitrogen and oxygen atoms in total. The Morgan fingerprint density at radius 2 is 1.88 bits per heavy atom. The zero-order valence-electron chi connectivity index (χ0n) is 19.9. The fourth-order valence-corrected chi connectivity index (χ4v) is 4.20. The van der Waals surface area contributed by atoms with Gasteiger partial charge in [-0.3, -0.25) is 4.31 Å². The van der Waals surface area contributed by atoms with E-state index in [2.05, 4.69) is 64.8 Å². The van der Waals surface area contributed by atoms with Crippen LogP contribution in [0.5, 0.6) is 5.75 Å². The van der Waals surface area contributed by atoms with E-state index in [0.717, 1.165) is 52.9 Å². The topological polar surface area (TPSA) is 50.3 Å². The first-order valence-corrected chi connectivity index (χ1v) is 12.3. The number of benzene rings is 2. The maximum Gasteiger partial charge on any atom is 0.134 e. The van der Waals surface area contributed by atoms with Crippen LogP contribution in [0.4, 0.5) is 11.5 Å². The summed E-state index contributed by atoms with van der Waals surface area (Å²) in [5, 5.41) is 3.42. The van der Waals surface area contributed by atoms with Crippen molar-refractivity contribution in [2.75, 3.05) is 25.0 Å². The second-order valence-electron chi connectivity index (χ2n) is 7.47. The van der Waals surface area contributed by atoms with Crippen molar-refractivity contribution in [3.05, 3.63) is 103 Å². The molecule has 0 unspecified atom stereocenters. The first-order valence-electron chi connectivity index (χ1n) is 11.4. The fraction of sp³-hybridized carbons (Fsp3) is 0.214. The molecule has 0 saturated carbocycles. The summed E-state index contributed by atoms with van der Waals surface area (Å²) in [5.74, 6) is 2.41. The number of rotatable bonds is 13. The van der Waals surface area contributed by atoms with E-state index >= 15 is 0 Å². The van der Waals surface area contributed by atoms with Crippen LogP contribution in [0.1, 0.15) is 19.4 Å². The highest BCUT2D eigenvalue weighted by atomic mass is 32.2. The van der Waals surface area contributed by atoms with Gasteiger partial charge in [0.25, 0.3) is 0 Å². The van der Waals surface area contributed by atoms with Gasteiger partial charge in [-0.15, -0.1) is 0 Å². The van der Waals surface area contributed by atoms with Crippen LogP contribution in [0.15, 0.2) is 97.9 Å². The fourth-order valence-electron chi connectivity index (χ4n) is 3.32. The molecule has 0 radical (unpaired) electrons. The quantitative estimate of drug-likeness (QED) is 0.212. The standard InChI is InChI=1S/C28H32N4OS/c1-5-12-22(6-2)19-33-27-16-10-9-15-25(27)26-18-28(30-21-29-26)31-24-14-11-13-23(17-24)20-34-32(7-3)8-4/h5-6,9-18,21H,1-2,7-8,19-20H2,3-4H3,(H,29,30,31)/b22-12+. The predicted molar refractivity (Wildman–Crippen MR) is 145 cm³/mol. The first kappa shape index (κ1) is 25.3. The van der Waals surface area contributed by atoms with E-state index in [1.54, 1.807) is 18.5 Å². The molecule has 0 aliphatic heterocycles. The average molecular weight is 473 g/mol. The minimum atomic E-state index is 0.404. The minimum absolute atomic E-state index is 0.404. The van der Waals surface area contributed by atoms with Gasteiger partial charge in [0.2, 0.25) is 0 Å². The molecule has 1 heterocycles. The molecule has 3 aromatic rings. The Kier molecular flexibility index (Phi) is 9.95. The van der Waals surface area contributed by atoms with Crippen molar-refractivity contribution in [3.63, 3.8) is 0 Å². The van der Waals surface area contributed by atoms with Gasteiger partial charge in [-0.2, -0.15) is 0 Å². The van der Waals surface area contributed by atoms with Crippen molar-refractivity contribution < 1.29 is 4.74 Å². The van der Waals surface area contributed by atoms with Crippen LogP contribution in [0, 0.1) is 0 Å². The van der Waals surface area contributed by atoms with Crippen molar-refractivity contribution in [1.82, 2.24) is 14.3 Å². The Morgan fingerprint density at radius 3 is 2.65 bits per heavy atom. The van der Waals surface area contributed by atoms with Gasteiger partial charge in [0, 0.05) is 36.2 Å². The maximum atomic E-state index is 6.06. The Bertz CT molecular complexity index is 1120. The number of para-hydroxylation sites is 1. The molecule has 0 spiro atoms. The van der Waals surface area contributed by atoms with Crippen LogP contribution >= 0.6 is 11.9 Å². The van der Waals surface area contributed by atoms with Crippen LogP contribution in [-0.2, 0) is 5.75 Å². The van der Waals surface area contributed by atoms with Crippen molar-refractivity contribution in [3.8, 4) is 17.0 Å². The summed E-state index contributed by atoms with van der Waals surface area (Å²) in [5.41, 5.74) is 4.90. The maximum absolute atomic E-state index is 6.06. The summed E-state index contributed by atoms with van der Waals surface area (Å²) >= 11 is 1.85. The highest BCUT2D eigenvalue weighted by Crippen LogP contribution is 2.30. The molecule has 34 heavy (non-hydrogen) atoms. The highest BCUT2D eigenvalue weighted by molar-refractivity contribution is 7.96. The largest absolute Gasteiger partial charge is 0.488 e. The Balaban J connectivity index is 1.75. The molecule has 0 fully saturated rings. The number of hydrogen-bond acceptors (Lipinski definition) is 6. The van der Waals surface area contributed by atoms with Gasteiger partial charge < -0.3 is 10.1 Å². The molecule has 3 rings (SSSR count). The summed E-state index contributed by atoms with van der Waals surface area (Å²) in [6.45, 7) is 14.4. The lowest BCUT2D eigenvalue weighted by molar-refractivity contribution is 0.357. The Morgan fingerprint density at radius 1 is 1.06 bits per heavy atom. The van der Waals surface area contributed by atoms with Crippen molar-refractivity contribution in [2.45, 2.75) is 19.6 Å². The van der Waals surface area contributed by atoms with Crippen LogP contribution in [0.25, 0.3) is 11.3 Å². The van der Waals surface area contributed by atoms with Crippen LogP contribution in [-0.4, -0.2) is 34.0 Å².